The van der Waals surface area contributed by atoms with Crippen molar-refractivity contribution >= 4 is 22.1 Å². The van der Waals surface area contributed by atoms with E-state index in [-0.39, 0.29) is 0 Å². The van der Waals surface area contributed by atoms with Gasteiger partial charge in [0.2, 0.25) is 5.83 Å². The quantitative estimate of drug-likeness (QED) is 0.314. The number of rotatable bonds is 7. The summed E-state index contributed by atoms with van der Waals surface area (Å²) in [6, 6.07) is 0. The van der Waals surface area contributed by atoms with Crippen molar-refractivity contribution in [1.82, 2.24) is 0 Å². The van der Waals surface area contributed by atoms with Crippen LogP contribution in [0.5, 0.6) is 0 Å². The zero-order valence-corrected chi connectivity index (χ0v) is 10.6. The molecule has 0 aromatic heterocycles. The highest BCUT2D eigenvalue weighted by molar-refractivity contribution is 7.86. The molecule has 21 heavy (non-hydrogen) atoms. The second-order valence-corrected chi connectivity index (χ2v) is 4.92. The van der Waals surface area contributed by atoms with Crippen LogP contribution in [0.2, 0.25) is 0 Å². The Bertz CT molecular complexity index is 541. The third-order valence-electron chi connectivity index (χ3n) is 1.65. The Kier molecular flexibility index (Phi) is 5.81. The minimum absolute atomic E-state index is 1.75. The summed E-state index contributed by atoms with van der Waals surface area (Å²) >= 11 is 0. The summed E-state index contributed by atoms with van der Waals surface area (Å²) in [5.74, 6) is -11.0. The molecule has 0 heterocycles. The SMILES string of the molecule is C=C(F)C(=O)OCC(F)(F)C(=O)OCC(F)(F)S(=O)(=O)O. The summed E-state index contributed by atoms with van der Waals surface area (Å²) in [4.78, 5) is 21.2. The number of hydrogen-bond donors (Lipinski definition) is 1. The first kappa shape index (κ1) is 19.2. The van der Waals surface area contributed by atoms with Gasteiger partial charge < -0.3 is 9.47 Å². The first-order chi connectivity index (χ1) is 9.21. The van der Waals surface area contributed by atoms with E-state index in [1.807, 2.05) is 0 Å². The van der Waals surface area contributed by atoms with Crippen LogP contribution in [0.3, 0.4) is 0 Å². The van der Waals surface area contributed by atoms with Crippen LogP contribution in [0.1, 0.15) is 0 Å². The Morgan fingerprint density at radius 3 is 1.95 bits per heavy atom. The van der Waals surface area contributed by atoms with Crippen LogP contribution in [-0.4, -0.2) is 49.3 Å². The molecule has 0 fully saturated rings. The molecule has 0 amide bonds. The lowest BCUT2D eigenvalue weighted by Gasteiger charge is -2.17. The van der Waals surface area contributed by atoms with Gasteiger partial charge in [-0.1, -0.05) is 6.58 Å². The molecule has 0 aliphatic rings. The molecule has 0 aliphatic carbocycles. The van der Waals surface area contributed by atoms with Crippen molar-refractivity contribution < 1.29 is 54.0 Å². The van der Waals surface area contributed by atoms with Crippen molar-refractivity contribution in [2.75, 3.05) is 13.2 Å². The van der Waals surface area contributed by atoms with Crippen molar-refractivity contribution in [3.8, 4) is 0 Å². The number of alkyl halides is 4. The molecule has 1 N–H and O–H groups in total. The molecular weight excluding hydrogens is 335 g/mol. The van der Waals surface area contributed by atoms with Gasteiger partial charge in [-0.25, -0.2) is 9.59 Å². The smallest absolute Gasteiger partial charge is 0.402 e. The number of hydrogen-bond acceptors (Lipinski definition) is 6. The molecule has 0 unspecified atom stereocenters. The van der Waals surface area contributed by atoms with E-state index in [9.17, 15) is 40.0 Å². The molecule has 0 radical (unpaired) electrons. The van der Waals surface area contributed by atoms with Crippen LogP contribution in [0.25, 0.3) is 0 Å². The molecule has 0 aromatic rings. The summed E-state index contributed by atoms with van der Waals surface area (Å²) in [5, 5.41) is -5.01. The average Bonchev–Trinajstić information content (AvgIpc) is 2.31. The molecule has 0 saturated carbocycles. The van der Waals surface area contributed by atoms with E-state index in [1.165, 1.54) is 0 Å². The third-order valence-corrected chi connectivity index (χ3v) is 2.53. The molecule has 0 aliphatic heterocycles. The molecule has 0 atom stereocenters. The summed E-state index contributed by atoms with van der Waals surface area (Å²) in [6.07, 6.45) is 0. The Morgan fingerprint density at radius 1 is 1.10 bits per heavy atom. The van der Waals surface area contributed by atoms with Gasteiger partial charge >= 0.3 is 33.2 Å². The zero-order chi connectivity index (χ0) is 17.1. The standard InChI is InChI=1S/C8H7F5O7S/c1-4(9)5(14)19-2-7(10,11)6(15)20-3-8(12,13)21(16,17)18/h1-3H2,(H,16,17,18). The van der Waals surface area contributed by atoms with Crippen molar-refractivity contribution in [3.63, 3.8) is 0 Å². The topological polar surface area (TPSA) is 107 Å². The summed E-state index contributed by atoms with van der Waals surface area (Å²) in [7, 11) is -5.98. The van der Waals surface area contributed by atoms with E-state index >= 15 is 0 Å². The van der Waals surface area contributed by atoms with Crippen LogP contribution in [-0.2, 0) is 29.2 Å². The van der Waals surface area contributed by atoms with Crippen LogP contribution < -0.4 is 0 Å². The van der Waals surface area contributed by atoms with Gasteiger partial charge in [0.15, 0.2) is 13.2 Å². The maximum atomic E-state index is 13.0. The van der Waals surface area contributed by atoms with E-state index in [0.29, 0.717) is 0 Å². The highest BCUT2D eigenvalue weighted by atomic mass is 32.2. The Labute approximate surface area is 114 Å². The van der Waals surface area contributed by atoms with Crippen molar-refractivity contribution in [1.29, 1.82) is 0 Å². The second-order valence-electron chi connectivity index (χ2n) is 3.37. The van der Waals surface area contributed by atoms with Gasteiger partial charge in [-0.05, 0) is 0 Å². The monoisotopic (exact) mass is 342 g/mol. The highest BCUT2D eigenvalue weighted by Gasteiger charge is 2.49. The third kappa shape index (κ3) is 5.63. The predicted octanol–water partition coefficient (Wildman–Crippen LogP) is 0.672. The largest absolute Gasteiger partial charge is 0.453 e. The van der Waals surface area contributed by atoms with Crippen LogP contribution in [0.15, 0.2) is 12.4 Å². The van der Waals surface area contributed by atoms with Crippen LogP contribution in [0.4, 0.5) is 22.0 Å². The minimum Gasteiger partial charge on any atom is -0.453 e. The second kappa shape index (κ2) is 6.34. The lowest BCUT2D eigenvalue weighted by atomic mass is 10.3. The molecule has 0 bridgehead atoms. The average molecular weight is 342 g/mol. The normalized spacial score (nSPS) is 12.7. The van der Waals surface area contributed by atoms with Crippen molar-refractivity contribution in [2.45, 2.75) is 11.2 Å². The highest BCUT2D eigenvalue weighted by Crippen LogP contribution is 2.23. The maximum Gasteiger partial charge on any atom is 0.402 e. The van der Waals surface area contributed by atoms with Crippen molar-refractivity contribution in [3.05, 3.63) is 12.4 Å². The number of carbonyl (C=O) groups excluding carboxylic acids is 2. The molecule has 13 heteroatoms. The van der Waals surface area contributed by atoms with E-state index in [0.717, 1.165) is 0 Å². The molecule has 0 aromatic carbocycles. The maximum absolute atomic E-state index is 13.0. The molecule has 7 nitrogen and oxygen atoms in total. The fourth-order valence-corrected chi connectivity index (χ4v) is 0.831. The van der Waals surface area contributed by atoms with Crippen LogP contribution >= 0.6 is 0 Å². The molecule has 122 valence electrons. The molecule has 0 spiro atoms. The summed E-state index contributed by atoms with van der Waals surface area (Å²) in [5.41, 5.74) is 0. The summed E-state index contributed by atoms with van der Waals surface area (Å²) in [6.45, 7) is -2.05. The Balaban J connectivity index is 4.65. The van der Waals surface area contributed by atoms with Crippen LogP contribution in [0, 0.1) is 0 Å². The lowest BCUT2D eigenvalue weighted by Crippen LogP contribution is -2.41. The predicted molar refractivity (Wildman–Crippen MR) is 53.6 cm³/mol. The van der Waals surface area contributed by atoms with E-state index in [4.69, 9.17) is 4.55 Å². The lowest BCUT2D eigenvalue weighted by molar-refractivity contribution is -0.187. The van der Waals surface area contributed by atoms with Gasteiger partial charge in [-0.15, -0.1) is 0 Å². The fraction of sp³-hybridized carbons (Fsp3) is 0.500. The van der Waals surface area contributed by atoms with Gasteiger partial charge in [-0.3, -0.25) is 4.55 Å². The van der Waals surface area contributed by atoms with E-state index in [2.05, 4.69) is 16.1 Å². The zero-order valence-electron chi connectivity index (χ0n) is 9.82. The van der Waals surface area contributed by atoms with Gasteiger partial charge in [0.05, 0.1) is 0 Å². The molecule has 0 saturated heterocycles. The summed E-state index contributed by atoms with van der Waals surface area (Å²) < 4.78 is 98.3. The van der Waals surface area contributed by atoms with E-state index < -0.39 is 52.3 Å². The first-order valence-electron chi connectivity index (χ1n) is 4.62. The fourth-order valence-electron chi connectivity index (χ4n) is 0.623. The van der Waals surface area contributed by atoms with Gasteiger partial charge in [0, 0.05) is 0 Å². The van der Waals surface area contributed by atoms with Gasteiger partial charge in [0.25, 0.3) is 0 Å². The number of halogens is 5. The molecule has 0 rings (SSSR count). The number of esters is 2. The van der Waals surface area contributed by atoms with E-state index in [1.54, 1.807) is 0 Å². The minimum atomic E-state index is -5.98. The number of ether oxygens (including phenoxy) is 2. The Hall–Kier alpha value is -1.76. The number of carbonyl (C=O) groups is 2. The van der Waals surface area contributed by atoms with Gasteiger partial charge in [0.1, 0.15) is 0 Å². The van der Waals surface area contributed by atoms with Gasteiger partial charge in [-0.2, -0.15) is 30.4 Å². The first-order valence-corrected chi connectivity index (χ1v) is 6.06. The Morgan fingerprint density at radius 2 is 1.57 bits per heavy atom. The molecular formula is C8H7F5O7S. The van der Waals surface area contributed by atoms with Crippen molar-refractivity contribution in [2.24, 2.45) is 0 Å².